The van der Waals surface area contributed by atoms with Crippen molar-refractivity contribution in [1.29, 1.82) is 0 Å². The van der Waals surface area contributed by atoms with Gasteiger partial charge in [-0.3, -0.25) is 4.90 Å². The molecular weight excluding hydrogens is 419 g/mol. The normalized spacial score (nSPS) is 26.6. The molecule has 1 aliphatic heterocycles. The fraction of sp³-hybridized carbons (Fsp3) is 0.458. The predicted octanol–water partition coefficient (Wildman–Crippen LogP) is 4.63. The highest BCUT2D eigenvalue weighted by molar-refractivity contribution is 6.30. The molecule has 1 heterocycles. The lowest BCUT2D eigenvalue weighted by atomic mass is 9.69. The van der Waals surface area contributed by atoms with Crippen LogP contribution in [0.3, 0.4) is 0 Å². The number of anilines is 1. The molecule has 3 N–H and O–H groups in total. The molecule has 0 amide bonds. The number of halogens is 2. The average Bonchev–Trinajstić information content (AvgIpc) is 3.01. The largest absolute Gasteiger partial charge is 0.480 e. The molecular formula is C24H28ClFN2O3. The minimum absolute atomic E-state index is 0.0757. The highest BCUT2D eigenvalue weighted by Gasteiger charge is 2.53. The van der Waals surface area contributed by atoms with Gasteiger partial charge in [0.2, 0.25) is 0 Å². The number of carboxylic acid groups (broad SMARTS) is 1. The predicted molar refractivity (Wildman–Crippen MR) is 119 cm³/mol. The maximum atomic E-state index is 13.9. The molecule has 166 valence electrons. The summed E-state index contributed by atoms with van der Waals surface area (Å²) in [5.74, 6) is -1.06. The first kappa shape index (κ1) is 22.1. The molecule has 1 aliphatic carbocycles. The minimum atomic E-state index is -1.09. The number of hydrogen-bond acceptors (Lipinski definition) is 4. The van der Waals surface area contributed by atoms with Gasteiger partial charge in [-0.2, -0.15) is 0 Å². The van der Waals surface area contributed by atoms with Crippen LogP contribution in [0, 0.1) is 11.7 Å². The van der Waals surface area contributed by atoms with E-state index in [1.54, 1.807) is 24.3 Å². The topological polar surface area (TPSA) is 72.8 Å². The summed E-state index contributed by atoms with van der Waals surface area (Å²) in [6.45, 7) is 3.35. The smallest absolute Gasteiger partial charge is 0.329 e. The number of nitrogens with zero attached hydrogens (tertiary/aromatic N) is 1. The number of benzene rings is 2. The van der Waals surface area contributed by atoms with Gasteiger partial charge in [-0.05, 0) is 73.1 Å². The summed E-state index contributed by atoms with van der Waals surface area (Å²) in [5.41, 5.74) is 1.29. The van der Waals surface area contributed by atoms with E-state index in [0.717, 1.165) is 11.1 Å². The van der Waals surface area contributed by atoms with Gasteiger partial charge in [0.05, 0.1) is 0 Å². The molecule has 5 nitrogen and oxygen atoms in total. The van der Waals surface area contributed by atoms with E-state index in [4.69, 9.17) is 11.6 Å². The second kappa shape index (κ2) is 8.41. The molecule has 7 heteroatoms. The zero-order valence-electron chi connectivity index (χ0n) is 17.6. The summed E-state index contributed by atoms with van der Waals surface area (Å²) in [6, 6.07) is 12.0. The second-order valence-corrected chi connectivity index (χ2v) is 9.46. The van der Waals surface area contributed by atoms with Crippen molar-refractivity contribution in [1.82, 2.24) is 4.90 Å². The summed E-state index contributed by atoms with van der Waals surface area (Å²) >= 11 is 6.09. The van der Waals surface area contributed by atoms with Gasteiger partial charge in [0.1, 0.15) is 11.4 Å². The first-order chi connectivity index (χ1) is 14.8. The van der Waals surface area contributed by atoms with Crippen molar-refractivity contribution in [2.75, 3.05) is 18.5 Å². The molecule has 0 aromatic heterocycles. The molecule has 0 saturated heterocycles. The van der Waals surface area contributed by atoms with Gasteiger partial charge < -0.3 is 15.5 Å². The quantitative estimate of drug-likeness (QED) is 0.603. The summed E-state index contributed by atoms with van der Waals surface area (Å²) in [7, 11) is 0. The number of aliphatic hydroxyl groups is 1. The summed E-state index contributed by atoms with van der Waals surface area (Å²) in [4.78, 5) is 14.7. The van der Waals surface area contributed by atoms with Crippen molar-refractivity contribution in [2.24, 2.45) is 5.92 Å². The van der Waals surface area contributed by atoms with E-state index in [0.29, 0.717) is 49.5 Å². The Morgan fingerprint density at radius 2 is 1.97 bits per heavy atom. The van der Waals surface area contributed by atoms with Crippen LogP contribution in [0.4, 0.5) is 10.1 Å². The van der Waals surface area contributed by atoms with Gasteiger partial charge in [-0.25, -0.2) is 9.18 Å². The van der Waals surface area contributed by atoms with Crippen LogP contribution in [-0.4, -0.2) is 39.8 Å². The lowest BCUT2D eigenvalue weighted by molar-refractivity contribution is -0.145. The lowest BCUT2D eigenvalue weighted by Crippen LogP contribution is -2.55. The Morgan fingerprint density at radius 3 is 2.61 bits per heavy atom. The Balaban J connectivity index is 1.64. The summed E-state index contributed by atoms with van der Waals surface area (Å²) in [5, 5.41) is 23.5. The Kier molecular flexibility index (Phi) is 5.99. The van der Waals surface area contributed by atoms with Crippen LogP contribution in [0.1, 0.15) is 43.7 Å². The molecule has 2 aromatic rings. The fourth-order valence-corrected chi connectivity index (χ4v) is 5.45. The van der Waals surface area contributed by atoms with E-state index < -0.39 is 11.5 Å². The van der Waals surface area contributed by atoms with Crippen molar-refractivity contribution < 1.29 is 19.4 Å². The van der Waals surface area contributed by atoms with E-state index >= 15 is 0 Å². The van der Waals surface area contributed by atoms with Crippen LogP contribution in [0.2, 0.25) is 5.02 Å². The molecule has 1 spiro atoms. The molecule has 1 saturated carbocycles. The molecule has 2 aromatic carbocycles. The van der Waals surface area contributed by atoms with Gasteiger partial charge in [-0.15, -0.1) is 0 Å². The van der Waals surface area contributed by atoms with Gasteiger partial charge in [-0.1, -0.05) is 30.7 Å². The molecule has 2 aliphatic rings. The number of nitrogens with one attached hydrogen (secondary N) is 1. The van der Waals surface area contributed by atoms with Crippen LogP contribution < -0.4 is 5.32 Å². The van der Waals surface area contributed by atoms with Crippen LogP contribution in [0.15, 0.2) is 42.5 Å². The van der Waals surface area contributed by atoms with Gasteiger partial charge in [0.25, 0.3) is 0 Å². The zero-order valence-corrected chi connectivity index (χ0v) is 18.3. The zero-order chi connectivity index (χ0) is 22.2. The van der Waals surface area contributed by atoms with Crippen molar-refractivity contribution >= 4 is 23.3 Å². The van der Waals surface area contributed by atoms with Crippen LogP contribution >= 0.6 is 11.6 Å². The molecule has 0 bridgehead atoms. The van der Waals surface area contributed by atoms with Crippen LogP contribution in [0.25, 0.3) is 0 Å². The van der Waals surface area contributed by atoms with E-state index in [1.807, 2.05) is 19.1 Å². The second-order valence-electron chi connectivity index (χ2n) is 9.02. The Morgan fingerprint density at radius 1 is 1.23 bits per heavy atom. The van der Waals surface area contributed by atoms with Crippen molar-refractivity contribution in [3.05, 3.63) is 64.4 Å². The lowest BCUT2D eigenvalue weighted by Gasteiger charge is -2.48. The Bertz CT molecular complexity index is 975. The monoisotopic (exact) mass is 446 g/mol. The number of carboxylic acids is 1. The highest BCUT2D eigenvalue weighted by atomic mass is 35.5. The van der Waals surface area contributed by atoms with Crippen molar-refractivity contribution in [3.63, 3.8) is 0 Å². The van der Waals surface area contributed by atoms with Gasteiger partial charge in [0.15, 0.2) is 0 Å². The molecule has 1 fully saturated rings. The van der Waals surface area contributed by atoms with Gasteiger partial charge >= 0.3 is 5.97 Å². The molecule has 0 radical (unpaired) electrons. The number of aliphatic carboxylic acids is 1. The van der Waals surface area contributed by atoms with E-state index in [9.17, 15) is 19.4 Å². The average molecular weight is 447 g/mol. The van der Waals surface area contributed by atoms with E-state index in [1.165, 1.54) is 6.07 Å². The van der Waals surface area contributed by atoms with Crippen LogP contribution in [-0.2, 0) is 16.9 Å². The standard InChI is InChI=1S/C24H28ClFN2O3/c1-16(15-29)13-28-14-17-11-19(26)5-6-21(17)24(28)9-7-23(8-10-24,22(30)31)27-20-4-2-3-18(25)12-20/h2-6,11-12,16,27,29H,7-10,13-15H2,1H3,(H,30,31)/t16-,23?,24?/m1/s1. The van der Waals surface area contributed by atoms with Crippen molar-refractivity contribution in [3.8, 4) is 0 Å². The van der Waals surface area contributed by atoms with E-state index in [2.05, 4.69) is 10.2 Å². The SMILES string of the molecule is C[C@@H](CO)CN1Cc2cc(F)ccc2C12CCC(Nc1cccc(Cl)c1)(C(=O)O)CC2. The molecule has 0 unspecified atom stereocenters. The number of carbonyl (C=O) groups is 1. The Labute approximate surface area is 186 Å². The summed E-state index contributed by atoms with van der Waals surface area (Å²) in [6.07, 6.45) is 2.11. The molecule has 4 rings (SSSR count). The number of aliphatic hydroxyl groups excluding tert-OH is 1. The first-order valence-corrected chi connectivity index (χ1v) is 11.1. The highest BCUT2D eigenvalue weighted by Crippen LogP contribution is 2.52. The number of hydrogen-bond donors (Lipinski definition) is 3. The van der Waals surface area contributed by atoms with Crippen LogP contribution in [0.5, 0.6) is 0 Å². The maximum absolute atomic E-state index is 13.9. The first-order valence-electron chi connectivity index (χ1n) is 10.7. The molecule has 1 atom stereocenters. The third-order valence-corrected chi connectivity index (χ3v) is 7.16. The third-order valence-electron chi connectivity index (χ3n) is 6.93. The fourth-order valence-electron chi connectivity index (χ4n) is 5.26. The number of rotatable bonds is 6. The van der Waals surface area contributed by atoms with Crippen molar-refractivity contribution in [2.45, 2.75) is 50.2 Å². The maximum Gasteiger partial charge on any atom is 0.329 e. The third kappa shape index (κ3) is 4.04. The summed E-state index contributed by atoms with van der Waals surface area (Å²) < 4.78 is 13.9. The minimum Gasteiger partial charge on any atom is -0.480 e. The molecule has 31 heavy (non-hydrogen) atoms. The van der Waals surface area contributed by atoms with E-state index in [-0.39, 0.29) is 23.9 Å². The van der Waals surface area contributed by atoms with Gasteiger partial charge in [0, 0.05) is 35.9 Å². The Hall–Kier alpha value is -2.15. The number of fused-ring (bicyclic) bond motifs is 2.